The van der Waals surface area contributed by atoms with E-state index in [1.165, 1.54) is 44.5 Å². The van der Waals surface area contributed by atoms with Crippen LogP contribution in [0.5, 0.6) is 0 Å². The lowest BCUT2D eigenvalue weighted by atomic mass is 10.1. The fourth-order valence-electron chi connectivity index (χ4n) is 5.05. The molecule has 0 atom stereocenters. The molecular weight excluding hydrogens is 529 g/mol. The maximum Gasteiger partial charge on any atom is 0.227 e. The Balaban J connectivity index is 1.31. The number of anilines is 2. The smallest absolute Gasteiger partial charge is 0.227 e. The Kier molecular flexibility index (Phi) is 8.94. The predicted octanol–water partition coefficient (Wildman–Crippen LogP) is 5.95. The summed E-state index contributed by atoms with van der Waals surface area (Å²) in [5.74, 6) is -0.267. The number of hydrogen-bond acceptors (Lipinski definition) is 6. The van der Waals surface area contributed by atoms with E-state index in [4.69, 9.17) is 28.2 Å². The Morgan fingerprint density at radius 2 is 1.55 bits per heavy atom. The summed E-state index contributed by atoms with van der Waals surface area (Å²) in [7, 11) is 0. The van der Waals surface area contributed by atoms with Gasteiger partial charge in [-0.2, -0.15) is 4.98 Å². The molecule has 0 unspecified atom stereocenters. The van der Waals surface area contributed by atoms with Gasteiger partial charge in [-0.1, -0.05) is 35.7 Å². The molecular formula is C28H32Cl2F2N6. The molecule has 2 aliphatic heterocycles. The molecule has 0 saturated carbocycles. The second-order valence-electron chi connectivity index (χ2n) is 9.88. The minimum Gasteiger partial charge on any atom is -0.365 e. The summed E-state index contributed by atoms with van der Waals surface area (Å²) in [6, 6.07) is 8.78. The molecule has 5 rings (SSSR count). The van der Waals surface area contributed by atoms with Crippen LogP contribution in [0.1, 0.15) is 24.8 Å². The molecule has 2 saturated heterocycles. The van der Waals surface area contributed by atoms with Crippen molar-refractivity contribution in [2.24, 2.45) is 0 Å². The molecule has 1 aromatic heterocycles. The average molecular weight is 562 g/mol. The first-order chi connectivity index (χ1) is 18.5. The zero-order chi connectivity index (χ0) is 26.5. The molecule has 2 aliphatic rings. The third-order valence-electron chi connectivity index (χ3n) is 7.30. The quantitative estimate of drug-likeness (QED) is 0.367. The van der Waals surface area contributed by atoms with E-state index in [0.29, 0.717) is 33.9 Å². The SMILES string of the molecule is Fc1ccc(-c2cnc(N3CCN(CCN4CCCCC4)CC3)nc2NCc2ccc(Cl)cc2Cl)c(F)c1. The highest BCUT2D eigenvalue weighted by Gasteiger charge is 2.22. The van der Waals surface area contributed by atoms with Crippen molar-refractivity contribution in [2.45, 2.75) is 25.8 Å². The lowest BCUT2D eigenvalue weighted by Gasteiger charge is -2.36. The average Bonchev–Trinajstić information content (AvgIpc) is 2.92. The number of halogens is 4. The second-order valence-corrected chi connectivity index (χ2v) is 10.7. The van der Waals surface area contributed by atoms with E-state index < -0.39 is 11.6 Å². The number of likely N-dealkylation sites (tertiary alicyclic amines) is 1. The van der Waals surface area contributed by atoms with Gasteiger partial charge in [0.15, 0.2) is 0 Å². The van der Waals surface area contributed by atoms with Crippen LogP contribution in [-0.4, -0.2) is 72.1 Å². The zero-order valence-corrected chi connectivity index (χ0v) is 22.8. The third-order valence-corrected chi connectivity index (χ3v) is 7.88. The molecule has 2 aromatic carbocycles. The maximum atomic E-state index is 14.7. The maximum absolute atomic E-state index is 14.7. The van der Waals surface area contributed by atoms with Crippen LogP contribution in [0.2, 0.25) is 10.0 Å². The van der Waals surface area contributed by atoms with Crippen LogP contribution in [0.15, 0.2) is 42.6 Å². The number of aromatic nitrogens is 2. The van der Waals surface area contributed by atoms with Crippen LogP contribution >= 0.6 is 23.2 Å². The summed E-state index contributed by atoms with van der Waals surface area (Å²) < 4.78 is 28.3. The summed E-state index contributed by atoms with van der Waals surface area (Å²) in [5, 5.41) is 4.36. The molecule has 6 nitrogen and oxygen atoms in total. The van der Waals surface area contributed by atoms with Gasteiger partial charge in [-0.05, 0) is 55.8 Å². The zero-order valence-electron chi connectivity index (χ0n) is 21.3. The number of piperazine rings is 1. The fraction of sp³-hybridized carbons (Fsp3) is 0.429. The van der Waals surface area contributed by atoms with Gasteiger partial charge in [-0.3, -0.25) is 4.90 Å². The van der Waals surface area contributed by atoms with Crippen molar-refractivity contribution >= 4 is 35.0 Å². The van der Waals surface area contributed by atoms with E-state index in [2.05, 4.69) is 25.0 Å². The van der Waals surface area contributed by atoms with Gasteiger partial charge in [0.25, 0.3) is 0 Å². The fourth-order valence-corrected chi connectivity index (χ4v) is 5.52. The summed E-state index contributed by atoms with van der Waals surface area (Å²) in [4.78, 5) is 16.6. The molecule has 0 spiro atoms. The Hall–Kier alpha value is -2.52. The highest BCUT2D eigenvalue weighted by molar-refractivity contribution is 6.35. The number of piperidine rings is 1. The van der Waals surface area contributed by atoms with Crippen LogP contribution in [0.4, 0.5) is 20.5 Å². The topological polar surface area (TPSA) is 47.5 Å². The van der Waals surface area contributed by atoms with E-state index in [1.807, 2.05) is 6.07 Å². The third kappa shape index (κ3) is 6.72. The van der Waals surface area contributed by atoms with Crippen molar-refractivity contribution in [3.63, 3.8) is 0 Å². The normalized spacial score (nSPS) is 17.1. The molecule has 3 aromatic rings. The van der Waals surface area contributed by atoms with Crippen molar-refractivity contribution in [2.75, 3.05) is 62.6 Å². The molecule has 38 heavy (non-hydrogen) atoms. The van der Waals surface area contributed by atoms with E-state index in [-0.39, 0.29) is 5.56 Å². The van der Waals surface area contributed by atoms with Gasteiger partial charge in [-0.25, -0.2) is 13.8 Å². The predicted molar refractivity (Wildman–Crippen MR) is 150 cm³/mol. The largest absolute Gasteiger partial charge is 0.365 e. The van der Waals surface area contributed by atoms with Crippen LogP contribution in [0.3, 0.4) is 0 Å². The Labute approximate surface area is 232 Å². The minimum atomic E-state index is -0.670. The molecule has 0 bridgehead atoms. The summed E-state index contributed by atoms with van der Waals surface area (Å²) in [6.07, 6.45) is 5.57. The molecule has 3 heterocycles. The first kappa shape index (κ1) is 27.1. The first-order valence-corrected chi connectivity index (χ1v) is 13.9. The number of nitrogens with zero attached hydrogens (tertiary/aromatic N) is 5. The Bertz CT molecular complexity index is 1250. The number of benzene rings is 2. The first-order valence-electron chi connectivity index (χ1n) is 13.2. The molecule has 10 heteroatoms. The van der Waals surface area contributed by atoms with Gasteiger partial charge in [-0.15, -0.1) is 0 Å². The highest BCUT2D eigenvalue weighted by Crippen LogP contribution is 2.31. The highest BCUT2D eigenvalue weighted by atomic mass is 35.5. The van der Waals surface area contributed by atoms with Gasteiger partial charge >= 0.3 is 0 Å². The van der Waals surface area contributed by atoms with E-state index in [9.17, 15) is 8.78 Å². The summed E-state index contributed by atoms with van der Waals surface area (Å²) >= 11 is 12.4. The van der Waals surface area contributed by atoms with Crippen molar-refractivity contribution in [1.29, 1.82) is 0 Å². The standard InChI is InChI=1S/C28H32Cl2F2N6/c29-21-5-4-20(25(30)16-21)18-33-27-24(23-7-6-22(31)17-26(23)32)19-34-28(35-27)38-14-12-37(13-15-38)11-10-36-8-2-1-3-9-36/h4-7,16-17,19H,1-3,8-15,18H2,(H,33,34,35). The van der Waals surface area contributed by atoms with E-state index >= 15 is 0 Å². The van der Waals surface area contributed by atoms with Crippen LogP contribution in [-0.2, 0) is 6.54 Å². The summed E-state index contributed by atoms with van der Waals surface area (Å²) in [5.41, 5.74) is 1.51. The van der Waals surface area contributed by atoms with Crippen molar-refractivity contribution in [3.05, 3.63) is 69.8 Å². The van der Waals surface area contributed by atoms with Crippen molar-refractivity contribution < 1.29 is 8.78 Å². The minimum absolute atomic E-state index is 0.227. The number of rotatable bonds is 8. The monoisotopic (exact) mass is 560 g/mol. The lowest BCUT2D eigenvalue weighted by Crippen LogP contribution is -2.49. The molecule has 0 aliphatic carbocycles. The van der Waals surface area contributed by atoms with E-state index in [0.717, 1.165) is 50.9 Å². The van der Waals surface area contributed by atoms with Crippen LogP contribution < -0.4 is 10.2 Å². The van der Waals surface area contributed by atoms with Crippen molar-refractivity contribution in [3.8, 4) is 11.1 Å². The molecule has 2 fully saturated rings. The van der Waals surface area contributed by atoms with Crippen LogP contribution in [0, 0.1) is 11.6 Å². The number of hydrogen-bond donors (Lipinski definition) is 1. The number of nitrogens with one attached hydrogen (secondary N) is 1. The van der Waals surface area contributed by atoms with Crippen LogP contribution in [0.25, 0.3) is 11.1 Å². The van der Waals surface area contributed by atoms with Gasteiger partial charge in [0.1, 0.15) is 17.5 Å². The second kappa shape index (κ2) is 12.6. The van der Waals surface area contributed by atoms with Gasteiger partial charge in [0.05, 0.1) is 0 Å². The van der Waals surface area contributed by atoms with Gasteiger partial charge < -0.3 is 15.1 Å². The summed E-state index contributed by atoms with van der Waals surface area (Å²) in [6.45, 7) is 8.48. The van der Waals surface area contributed by atoms with E-state index in [1.54, 1.807) is 18.3 Å². The molecule has 1 N–H and O–H groups in total. The lowest BCUT2D eigenvalue weighted by molar-refractivity contribution is 0.176. The Morgan fingerprint density at radius 1 is 0.816 bits per heavy atom. The molecule has 202 valence electrons. The molecule has 0 amide bonds. The molecule has 0 radical (unpaired) electrons. The van der Waals surface area contributed by atoms with Gasteiger partial charge in [0, 0.05) is 79.2 Å². The van der Waals surface area contributed by atoms with Gasteiger partial charge in [0.2, 0.25) is 5.95 Å². The van der Waals surface area contributed by atoms with Crippen molar-refractivity contribution in [1.82, 2.24) is 19.8 Å². The Morgan fingerprint density at radius 3 is 2.26 bits per heavy atom.